The minimum Gasteiger partial charge on any atom is -0.389 e. The fourth-order valence-corrected chi connectivity index (χ4v) is 3.37. The summed E-state index contributed by atoms with van der Waals surface area (Å²) < 4.78 is 0. The summed E-state index contributed by atoms with van der Waals surface area (Å²) in [6.45, 7) is 4.54. The van der Waals surface area contributed by atoms with Crippen molar-refractivity contribution in [1.29, 1.82) is 0 Å². The second kappa shape index (κ2) is 8.54. The first-order chi connectivity index (χ1) is 11.8. The molecule has 0 bridgehead atoms. The van der Waals surface area contributed by atoms with Crippen LogP contribution in [-0.2, 0) is 9.90 Å². The van der Waals surface area contributed by atoms with Gasteiger partial charge >= 0.3 is 0 Å². The van der Waals surface area contributed by atoms with Gasteiger partial charge in [0.1, 0.15) is 4.99 Å². The molecule has 5 nitrogen and oxygen atoms in total. The summed E-state index contributed by atoms with van der Waals surface area (Å²) >= 11 is 4.89. The molecular weight excluding hydrogens is 336 g/mol. The van der Waals surface area contributed by atoms with E-state index < -0.39 is 6.10 Å². The van der Waals surface area contributed by atoms with E-state index in [4.69, 9.17) is 18.0 Å². The lowest BCUT2D eigenvalue weighted by Gasteiger charge is -2.39. The lowest BCUT2D eigenvalue weighted by Crippen LogP contribution is -2.49. The molecule has 1 aliphatic rings. The molecule has 2 N–H and O–H groups in total. The molecule has 0 saturated carbocycles. The number of hydrogen-bond donors (Lipinski definition) is 1. The van der Waals surface area contributed by atoms with Crippen molar-refractivity contribution in [3.8, 4) is 0 Å². The lowest BCUT2D eigenvalue weighted by atomic mass is 9.90. The smallest absolute Gasteiger partial charge is 0.223 e. The maximum Gasteiger partial charge on any atom is 0.223 e. The van der Waals surface area contributed by atoms with E-state index in [1.54, 1.807) is 29.2 Å². The van der Waals surface area contributed by atoms with Crippen LogP contribution in [0.1, 0.15) is 55.5 Å². The highest BCUT2D eigenvalue weighted by molar-refractivity contribution is 7.80. The molecule has 0 aliphatic carbocycles. The van der Waals surface area contributed by atoms with Gasteiger partial charge in [-0.3, -0.25) is 9.59 Å². The van der Waals surface area contributed by atoms with Gasteiger partial charge in [-0.05, 0) is 18.8 Å². The molecule has 1 radical (unpaired) electrons. The van der Waals surface area contributed by atoms with Gasteiger partial charge in [0.2, 0.25) is 5.91 Å². The minimum absolute atomic E-state index is 0.0243. The molecule has 6 heteroatoms. The van der Waals surface area contributed by atoms with Crippen molar-refractivity contribution in [3.05, 3.63) is 35.4 Å². The summed E-state index contributed by atoms with van der Waals surface area (Å²) in [5.41, 5.74) is 6.80. The van der Waals surface area contributed by atoms with Crippen LogP contribution < -0.4 is 5.73 Å². The number of nitrogens with zero attached hydrogens (tertiary/aromatic N) is 1. The topological polar surface area (TPSA) is 83.3 Å². The van der Waals surface area contributed by atoms with Gasteiger partial charge in [-0.2, -0.15) is 0 Å². The number of likely N-dealkylation sites (tertiary alicyclic amines) is 1. The zero-order chi connectivity index (χ0) is 18.6. The number of hydrogen-bond acceptors (Lipinski definition) is 3. The first-order valence-corrected chi connectivity index (χ1v) is 9.08. The monoisotopic (exact) mass is 361 g/mol. The van der Waals surface area contributed by atoms with Gasteiger partial charge in [-0.25, -0.2) is 5.11 Å². The van der Waals surface area contributed by atoms with Crippen LogP contribution in [0.2, 0.25) is 0 Å². The first-order valence-electron chi connectivity index (χ1n) is 8.68. The summed E-state index contributed by atoms with van der Waals surface area (Å²) in [6.07, 6.45) is 0.724. The van der Waals surface area contributed by atoms with Gasteiger partial charge in [0.25, 0.3) is 0 Å². The van der Waals surface area contributed by atoms with Gasteiger partial charge in [-0.15, -0.1) is 0 Å². The Bertz CT molecular complexity index is 643. The maximum atomic E-state index is 12.5. The molecule has 1 aromatic carbocycles. The van der Waals surface area contributed by atoms with E-state index in [0.717, 1.165) is 0 Å². The molecular formula is C19H25N2O3S. The largest absolute Gasteiger partial charge is 0.389 e. The first kappa shape index (κ1) is 19.5. The highest BCUT2D eigenvalue weighted by Gasteiger charge is 2.33. The van der Waals surface area contributed by atoms with Crippen molar-refractivity contribution in [3.63, 3.8) is 0 Å². The van der Waals surface area contributed by atoms with Gasteiger partial charge in [-0.1, -0.05) is 50.3 Å². The third-order valence-electron chi connectivity index (χ3n) is 4.74. The Morgan fingerprint density at radius 2 is 1.80 bits per heavy atom. The van der Waals surface area contributed by atoms with Gasteiger partial charge < -0.3 is 10.6 Å². The van der Waals surface area contributed by atoms with Crippen molar-refractivity contribution in [2.24, 2.45) is 11.7 Å². The molecule has 2 atom stereocenters. The molecule has 1 aliphatic heterocycles. The summed E-state index contributed by atoms with van der Waals surface area (Å²) in [4.78, 5) is 26.9. The van der Waals surface area contributed by atoms with E-state index in [9.17, 15) is 14.7 Å². The third kappa shape index (κ3) is 5.09. The van der Waals surface area contributed by atoms with Crippen molar-refractivity contribution in [1.82, 2.24) is 4.90 Å². The van der Waals surface area contributed by atoms with Crippen molar-refractivity contribution < 1.29 is 14.7 Å². The summed E-state index contributed by atoms with van der Waals surface area (Å²) in [6, 6.07) is 6.77. The highest BCUT2D eigenvalue weighted by atomic mass is 32.1. The Morgan fingerprint density at radius 3 is 2.36 bits per heavy atom. The molecule has 0 aromatic heterocycles. The standard InChI is InChI=1S/C19H25N2O3S/c1-12(2)16-11-15(22)9-10-21(16)18(24)8-7-17(23)13-3-5-14(6-4-13)19(20)25/h3-6,12,15-16H,7-11H2,1-2H3,(H2,20,25). The zero-order valence-electron chi connectivity index (χ0n) is 14.7. The van der Waals surface area contributed by atoms with E-state index in [-0.39, 0.29) is 41.5 Å². The van der Waals surface area contributed by atoms with E-state index in [2.05, 4.69) is 0 Å². The molecule has 0 spiro atoms. The number of piperidine rings is 1. The van der Waals surface area contributed by atoms with E-state index in [1.165, 1.54) is 0 Å². The van der Waals surface area contributed by atoms with Crippen LogP contribution in [0.3, 0.4) is 0 Å². The van der Waals surface area contributed by atoms with Crippen LogP contribution in [0.15, 0.2) is 24.3 Å². The van der Waals surface area contributed by atoms with Gasteiger partial charge in [0, 0.05) is 36.6 Å². The number of thiocarbonyl (C=S) groups is 1. The number of rotatable bonds is 6. The lowest BCUT2D eigenvalue weighted by molar-refractivity contribution is -0.139. The number of ketones is 1. The molecule has 2 unspecified atom stereocenters. The Balaban J connectivity index is 1.94. The number of amides is 1. The molecule has 1 aromatic rings. The quantitative estimate of drug-likeness (QED) is 0.624. The van der Waals surface area contributed by atoms with Crippen LogP contribution in [0, 0.1) is 5.92 Å². The average Bonchev–Trinajstić information content (AvgIpc) is 2.59. The number of Topliss-reactive ketones (excluding diaryl/α,β-unsaturated/α-hetero) is 1. The molecule has 1 heterocycles. The Labute approximate surface area is 154 Å². The fraction of sp³-hybridized carbons (Fsp3) is 0.526. The molecule has 1 fully saturated rings. The second-order valence-corrected chi connectivity index (χ2v) is 7.35. The van der Waals surface area contributed by atoms with Crippen molar-refractivity contribution in [2.75, 3.05) is 6.54 Å². The predicted octanol–water partition coefficient (Wildman–Crippen LogP) is 2.73. The zero-order valence-corrected chi connectivity index (χ0v) is 15.6. The number of benzene rings is 1. The maximum absolute atomic E-state index is 12.5. The number of nitrogens with two attached hydrogens (primary N) is 1. The van der Waals surface area contributed by atoms with Gasteiger partial charge in [0.05, 0.1) is 6.10 Å². The van der Waals surface area contributed by atoms with Crippen LogP contribution in [0.25, 0.3) is 0 Å². The van der Waals surface area contributed by atoms with Crippen LogP contribution in [0.5, 0.6) is 0 Å². The molecule has 2 rings (SSSR count). The molecule has 1 saturated heterocycles. The predicted molar refractivity (Wildman–Crippen MR) is 99.9 cm³/mol. The van der Waals surface area contributed by atoms with E-state index >= 15 is 0 Å². The molecule has 135 valence electrons. The Kier molecular flexibility index (Phi) is 6.67. The average molecular weight is 361 g/mol. The number of carbonyl (C=O) groups excluding carboxylic acids is 2. The van der Waals surface area contributed by atoms with Crippen molar-refractivity contribution >= 4 is 28.9 Å². The Morgan fingerprint density at radius 1 is 1.20 bits per heavy atom. The van der Waals surface area contributed by atoms with Crippen molar-refractivity contribution in [2.45, 2.75) is 51.7 Å². The summed E-state index contributed by atoms with van der Waals surface area (Å²) in [5.74, 6) is 0.116. The molecule has 1 amide bonds. The van der Waals surface area contributed by atoms with Gasteiger partial charge in [0.15, 0.2) is 5.78 Å². The van der Waals surface area contributed by atoms with Crippen LogP contribution >= 0.6 is 12.2 Å². The minimum atomic E-state index is -0.592. The van der Waals surface area contributed by atoms with Crippen LogP contribution in [0.4, 0.5) is 0 Å². The second-order valence-electron chi connectivity index (χ2n) is 6.91. The van der Waals surface area contributed by atoms with Crippen LogP contribution in [-0.4, -0.2) is 40.3 Å². The summed E-state index contributed by atoms with van der Waals surface area (Å²) in [7, 11) is 0. The van der Waals surface area contributed by atoms with E-state index in [0.29, 0.717) is 30.5 Å². The Hall–Kier alpha value is -1.79. The fourth-order valence-electron chi connectivity index (χ4n) is 3.23. The normalized spacial score (nSPS) is 20.6. The highest BCUT2D eigenvalue weighted by Crippen LogP contribution is 2.25. The van der Waals surface area contributed by atoms with E-state index in [1.807, 2.05) is 13.8 Å². The number of carbonyl (C=O) groups is 2. The molecule has 25 heavy (non-hydrogen) atoms. The SMILES string of the molecule is CC(C)C1CC([O])CCN1C(=O)CCC(=O)c1ccc(C(N)=S)cc1. The third-order valence-corrected chi connectivity index (χ3v) is 4.98. The summed E-state index contributed by atoms with van der Waals surface area (Å²) in [5, 5.41) is 11.7.